The Labute approximate surface area is 253 Å². The van der Waals surface area contributed by atoms with Gasteiger partial charge in [-0.25, -0.2) is 9.37 Å². The summed E-state index contributed by atoms with van der Waals surface area (Å²) in [5, 5.41) is 2.73. The number of halogens is 2. The van der Waals surface area contributed by atoms with Crippen molar-refractivity contribution in [2.24, 2.45) is 5.73 Å². The highest BCUT2D eigenvalue weighted by Crippen LogP contribution is 2.41. The Morgan fingerprint density at radius 3 is 2.77 bits per heavy atom. The molecule has 0 saturated carbocycles. The van der Waals surface area contributed by atoms with Crippen molar-refractivity contribution < 1.29 is 32.6 Å². The molecule has 3 aliphatic rings. The van der Waals surface area contributed by atoms with Crippen molar-refractivity contribution in [2.75, 3.05) is 26.8 Å². The fourth-order valence-corrected chi connectivity index (χ4v) is 5.30. The van der Waals surface area contributed by atoms with Gasteiger partial charge in [-0.3, -0.25) is 9.59 Å². The van der Waals surface area contributed by atoms with E-state index in [0.29, 0.717) is 42.4 Å². The third kappa shape index (κ3) is 5.99. The molecule has 1 atom stereocenters. The number of rotatable bonds is 3. The molecule has 1 aromatic heterocycles. The largest absolute Gasteiger partial charge is 0.493 e. The van der Waals surface area contributed by atoms with E-state index in [4.69, 9.17) is 24.4 Å². The van der Waals surface area contributed by atoms with Gasteiger partial charge in [0.2, 0.25) is 5.89 Å². The van der Waals surface area contributed by atoms with Gasteiger partial charge in [0.15, 0.2) is 17.2 Å². The van der Waals surface area contributed by atoms with Crippen molar-refractivity contribution in [1.29, 1.82) is 0 Å². The number of aromatic nitrogens is 1. The fraction of sp³-hybridized carbons (Fsp3) is 0.258. The Hall–Kier alpha value is -4.61. The van der Waals surface area contributed by atoms with E-state index >= 15 is 0 Å². The molecular formula is C31H30ClFN4O6. The summed E-state index contributed by atoms with van der Waals surface area (Å²) in [5.41, 5.74) is 8.42. The van der Waals surface area contributed by atoms with E-state index in [1.165, 1.54) is 24.5 Å². The van der Waals surface area contributed by atoms with Crippen molar-refractivity contribution in [3.8, 4) is 23.0 Å². The first kappa shape index (κ1) is 29.9. The molecule has 0 saturated heterocycles. The van der Waals surface area contributed by atoms with Crippen LogP contribution in [0.1, 0.15) is 55.9 Å². The van der Waals surface area contributed by atoms with Gasteiger partial charge in [0.05, 0.1) is 31.9 Å². The quantitative estimate of drug-likeness (QED) is 0.340. The molecule has 0 spiro atoms. The number of carbonyl (C=O) groups is 2. The molecule has 2 amide bonds. The number of ether oxygens (including phenoxy) is 3. The molecule has 8 bridgehead atoms. The van der Waals surface area contributed by atoms with Crippen LogP contribution in [0.15, 0.2) is 65.3 Å². The van der Waals surface area contributed by atoms with Gasteiger partial charge in [-0.15, -0.1) is 12.4 Å². The molecule has 7 rings (SSSR count). The number of hydrogen-bond acceptors (Lipinski definition) is 8. The molecule has 4 heterocycles. The number of oxazole rings is 1. The van der Waals surface area contributed by atoms with E-state index in [1.54, 1.807) is 24.1 Å². The second-order valence-electron chi connectivity index (χ2n) is 9.95. The molecule has 0 radical (unpaired) electrons. The lowest BCUT2D eigenvalue weighted by Crippen LogP contribution is -2.40. The fourth-order valence-electron chi connectivity index (χ4n) is 5.30. The Balaban J connectivity index is 0.00000368. The van der Waals surface area contributed by atoms with Crippen LogP contribution in [0.25, 0.3) is 0 Å². The number of nitrogens with two attached hydrogens (primary N) is 1. The zero-order valence-electron chi connectivity index (χ0n) is 23.3. The number of benzene rings is 3. The standard InChI is InChI=1S/C31H29FN4O6.ClH/c1-39-26-8-3-19-14-27(26)40-12-2-10-34-30(37)23-15-21(5-7-24(23)32)42-20-4-6-22-18(13-20)9-11-36(29(19)22)31(38)25-17-41-28(16-33)35-25;/h3-8,13-15,17,29H,2,9-12,16,33H2,1H3,(H,34,37);1H. The average molecular weight is 609 g/mol. The molecule has 12 heteroatoms. The first-order valence-corrected chi connectivity index (χ1v) is 13.6. The highest BCUT2D eigenvalue weighted by molar-refractivity contribution is 5.95. The lowest BCUT2D eigenvalue weighted by molar-refractivity contribution is 0.0687. The first-order chi connectivity index (χ1) is 20.4. The van der Waals surface area contributed by atoms with Gasteiger partial charge in [0.25, 0.3) is 11.8 Å². The van der Waals surface area contributed by atoms with Gasteiger partial charge in [-0.05, 0) is 72.0 Å². The predicted octanol–water partition coefficient (Wildman–Crippen LogP) is 4.80. The second kappa shape index (κ2) is 12.7. The maximum atomic E-state index is 14.5. The Bertz CT molecular complexity index is 1660. The summed E-state index contributed by atoms with van der Waals surface area (Å²) in [6, 6.07) is 14.8. The lowest BCUT2D eigenvalue weighted by Gasteiger charge is -2.37. The summed E-state index contributed by atoms with van der Waals surface area (Å²) in [6.45, 7) is 1.01. The van der Waals surface area contributed by atoms with Gasteiger partial charge in [0, 0.05) is 13.1 Å². The van der Waals surface area contributed by atoms with Crippen LogP contribution in [-0.2, 0) is 13.0 Å². The van der Waals surface area contributed by atoms with Crippen LogP contribution < -0.4 is 25.3 Å². The second-order valence-corrected chi connectivity index (χ2v) is 9.95. The third-order valence-electron chi connectivity index (χ3n) is 7.33. The van der Waals surface area contributed by atoms with Crippen molar-refractivity contribution in [3.05, 3.63) is 101 Å². The number of hydrogen-bond donors (Lipinski definition) is 2. The van der Waals surface area contributed by atoms with Crippen molar-refractivity contribution in [2.45, 2.75) is 25.4 Å². The summed E-state index contributed by atoms with van der Waals surface area (Å²) in [4.78, 5) is 32.5. The van der Waals surface area contributed by atoms with Crippen LogP contribution in [0.4, 0.5) is 4.39 Å². The molecule has 3 aromatic carbocycles. The third-order valence-corrected chi connectivity index (χ3v) is 7.33. The number of fused-ring (bicyclic) bond motifs is 6. The number of nitrogens with one attached hydrogen (secondary N) is 1. The Morgan fingerprint density at radius 1 is 1.16 bits per heavy atom. The maximum Gasteiger partial charge on any atom is 0.276 e. The van der Waals surface area contributed by atoms with E-state index in [1.807, 2.05) is 24.3 Å². The lowest BCUT2D eigenvalue weighted by atomic mass is 9.87. The van der Waals surface area contributed by atoms with Gasteiger partial charge in [-0.1, -0.05) is 12.1 Å². The minimum absolute atomic E-state index is 0. The smallest absolute Gasteiger partial charge is 0.276 e. The zero-order chi connectivity index (χ0) is 29.2. The molecule has 1 unspecified atom stereocenters. The highest BCUT2D eigenvalue weighted by atomic mass is 35.5. The first-order valence-electron chi connectivity index (χ1n) is 13.6. The van der Waals surface area contributed by atoms with Gasteiger partial charge in [0.1, 0.15) is 23.6 Å². The summed E-state index contributed by atoms with van der Waals surface area (Å²) in [5.74, 6) is 0.682. The summed E-state index contributed by atoms with van der Waals surface area (Å²) < 4.78 is 37.5. The molecule has 4 aromatic rings. The Morgan fingerprint density at radius 2 is 1.98 bits per heavy atom. The minimum Gasteiger partial charge on any atom is -0.493 e. The zero-order valence-corrected chi connectivity index (χ0v) is 24.1. The predicted molar refractivity (Wildman–Crippen MR) is 157 cm³/mol. The maximum absolute atomic E-state index is 14.5. The van der Waals surface area contributed by atoms with E-state index in [2.05, 4.69) is 10.3 Å². The molecular weight excluding hydrogens is 579 g/mol. The van der Waals surface area contributed by atoms with E-state index < -0.39 is 17.8 Å². The number of amides is 2. The number of methoxy groups -OCH3 is 1. The van der Waals surface area contributed by atoms with Crippen LogP contribution in [0.2, 0.25) is 0 Å². The van der Waals surface area contributed by atoms with Crippen molar-refractivity contribution in [3.63, 3.8) is 0 Å². The summed E-state index contributed by atoms with van der Waals surface area (Å²) >= 11 is 0. The van der Waals surface area contributed by atoms with Gasteiger partial charge in [-0.2, -0.15) is 0 Å². The normalized spacial score (nSPS) is 16.1. The molecule has 0 fully saturated rings. The van der Waals surface area contributed by atoms with Crippen LogP contribution in [0.5, 0.6) is 23.0 Å². The average Bonchev–Trinajstić information content (AvgIpc) is 3.50. The minimum atomic E-state index is -0.643. The van der Waals surface area contributed by atoms with Gasteiger partial charge < -0.3 is 34.6 Å². The monoisotopic (exact) mass is 608 g/mol. The van der Waals surface area contributed by atoms with Crippen LogP contribution in [0, 0.1) is 5.82 Å². The van der Waals surface area contributed by atoms with Crippen LogP contribution in [-0.4, -0.2) is 48.5 Å². The summed E-state index contributed by atoms with van der Waals surface area (Å²) in [6.07, 6.45) is 2.34. The Kier molecular flexibility index (Phi) is 8.84. The topological polar surface area (TPSA) is 129 Å². The van der Waals surface area contributed by atoms with E-state index in [0.717, 1.165) is 16.7 Å². The molecule has 3 N–H and O–H groups in total. The number of carbonyl (C=O) groups excluding carboxylic acids is 2. The highest BCUT2D eigenvalue weighted by Gasteiger charge is 2.35. The van der Waals surface area contributed by atoms with Crippen molar-refractivity contribution in [1.82, 2.24) is 15.2 Å². The van der Waals surface area contributed by atoms with Crippen LogP contribution in [0.3, 0.4) is 0 Å². The van der Waals surface area contributed by atoms with E-state index in [9.17, 15) is 14.0 Å². The number of nitrogens with zero attached hydrogens (tertiary/aromatic N) is 2. The molecule has 0 aliphatic carbocycles. The summed E-state index contributed by atoms with van der Waals surface area (Å²) in [7, 11) is 1.55. The molecule has 224 valence electrons. The van der Waals surface area contributed by atoms with Gasteiger partial charge >= 0.3 is 0 Å². The molecule has 43 heavy (non-hydrogen) atoms. The van der Waals surface area contributed by atoms with E-state index in [-0.39, 0.29) is 55.2 Å². The molecule has 10 nitrogen and oxygen atoms in total. The SMILES string of the molecule is COc1ccc2cc1OCCCNC(=O)c1cc(ccc1F)Oc1ccc3c(c1)CCN(C(=O)c1coc(CN)n1)C23.Cl. The van der Waals surface area contributed by atoms with Crippen molar-refractivity contribution >= 4 is 24.2 Å². The molecule has 3 aliphatic heterocycles. The van der Waals surface area contributed by atoms with Crippen LogP contribution >= 0.6 is 12.4 Å².